The maximum absolute atomic E-state index is 12.5. The Morgan fingerprint density at radius 1 is 1.04 bits per heavy atom. The van der Waals surface area contributed by atoms with Gasteiger partial charge in [0, 0.05) is 5.02 Å². The average molecular weight is 354 g/mol. The Labute approximate surface area is 147 Å². The largest absolute Gasteiger partial charge is 0.465 e. The number of likely N-dealkylation sites (tertiary alicyclic amines) is 1. The first kappa shape index (κ1) is 18.7. The van der Waals surface area contributed by atoms with Gasteiger partial charge in [-0.25, -0.2) is 0 Å². The molecule has 0 amide bonds. The summed E-state index contributed by atoms with van der Waals surface area (Å²) < 4.78 is 10.3. The molecule has 0 N–H and O–H groups in total. The topological polar surface area (TPSA) is 55.8 Å². The molecule has 0 saturated carbocycles. The number of carbonyl (C=O) groups excluding carboxylic acids is 2. The summed E-state index contributed by atoms with van der Waals surface area (Å²) in [6, 6.07) is 6.86. The van der Waals surface area contributed by atoms with Gasteiger partial charge in [-0.05, 0) is 57.5 Å². The van der Waals surface area contributed by atoms with Crippen LogP contribution in [0, 0.1) is 5.92 Å². The molecule has 0 spiro atoms. The fourth-order valence-electron chi connectivity index (χ4n) is 3.11. The standard InChI is InChI=1S/C18H24ClNO4/c1-3-23-17(21)15(18(22)24-4-2)16(20-11-5-6-12-20)13-7-9-14(19)10-8-13/h7-10,15-16H,3-6,11-12H2,1-2H3. The molecule has 24 heavy (non-hydrogen) atoms. The van der Waals surface area contributed by atoms with E-state index in [4.69, 9.17) is 21.1 Å². The van der Waals surface area contributed by atoms with Crippen molar-refractivity contribution in [1.29, 1.82) is 0 Å². The molecule has 1 fully saturated rings. The molecule has 2 rings (SSSR count). The summed E-state index contributed by atoms with van der Waals surface area (Å²) in [7, 11) is 0. The zero-order valence-electron chi connectivity index (χ0n) is 14.2. The maximum atomic E-state index is 12.5. The number of carbonyl (C=O) groups is 2. The number of nitrogens with zero attached hydrogens (tertiary/aromatic N) is 1. The lowest BCUT2D eigenvalue weighted by atomic mass is 9.91. The predicted octanol–water partition coefficient (Wildman–Crippen LogP) is 3.22. The van der Waals surface area contributed by atoms with Gasteiger partial charge in [-0.3, -0.25) is 14.5 Å². The van der Waals surface area contributed by atoms with Crippen molar-refractivity contribution in [2.24, 2.45) is 5.92 Å². The Balaban J connectivity index is 2.40. The van der Waals surface area contributed by atoms with Crippen LogP contribution in [0.3, 0.4) is 0 Å². The van der Waals surface area contributed by atoms with Gasteiger partial charge in [0.05, 0.1) is 19.3 Å². The van der Waals surface area contributed by atoms with Crippen molar-refractivity contribution in [1.82, 2.24) is 4.90 Å². The summed E-state index contributed by atoms with van der Waals surface area (Å²) in [5, 5.41) is 0.614. The van der Waals surface area contributed by atoms with E-state index in [0.717, 1.165) is 31.5 Å². The third-order valence-electron chi connectivity index (χ3n) is 4.14. The summed E-state index contributed by atoms with van der Waals surface area (Å²) in [5.41, 5.74) is 0.868. The van der Waals surface area contributed by atoms with Gasteiger partial charge in [-0.15, -0.1) is 0 Å². The molecule has 1 heterocycles. The number of hydrogen-bond acceptors (Lipinski definition) is 5. The second kappa shape index (κ2) is 9.04. The molecule has 1 atom stereocenters. The lowest BCUT2D eigenvalue weighted by Gasteiger charge is -2.32. The van der Waals surface area contributed by atoms with Crippen molar-refractivity contribution < 1.29 is 19.1 Å². The minimum Gasteiger partial charge on any atom is -0.465 e. The highest BCUT2D eigenvalue weighted by Crippen LogP contribution is 2.34. The number of ether oxygens (including phenoxy) is 2. The zero-order chi connectivity index (χ0) is 17.5. The first-order valence-electron chi connectivity index (χ1n) is 8.41. The van der Waals surface area contributed by atoms with Crippen LogP contribution in [-0.4, -0.2) is 43.1 Å². The molecule has 5 nitrogen and oxygen atoms in total. The third kappa shape index (κ3) is 4.48. The van der Waals surface area contributed by atoms with Crippen LogP contribution in [0.4, 0.5) is 0 Å². The molecule has 0 aromatic heterocycles. The normalized spacial score (nSPS) is 16.2. The molecule has 132 valence electrons. The number of halogens is 1. The highest BCUT2D eigenvalue weighted by molar-refractivity contribution is 6.30. The van der Waals surface area contributed by atoms with Crippen molar-refractivity contribution in [3.05, 3.63) is 34.9 Å². The fraction of sp³-hybridized carbons (Fsp3) is 0.556. The van der Waals surface area contributed by atoms with Crippen molar-refractivity contribution >= 4 is 23.5 Å². The van der Waals surface area contributed by atoms with Crippen LogP contribution < -0.4 is 0 Å². The van der Waals surface area contributed by atoms with Crippen LogP contribution in [0.15, 0.2) is 24.3 Å². The molecule has 1 aliphatic heterocycles. The van der Waals surface area contributed by atoms with E-state index in [2.05, 4.69) is 4.90 Å². The van der Waals surface area contributed by atoms with Crippen LogP contribution in [0.1, 0.15) is 38.3 Å². The summed E-state index contributed by atoms with van der Waals surface area (Å²) in [4.78, 5) is 27.2. The van der Waals surface area contributed by atoms with E-state index < -0.39 is 23.9 Å². The Bertz CT molecular complexity index is 537. The van der Waals surface area contributed by atoms with Gasteiger partial charge in [0.2, 0.25) is 0 Å². The molecule has 0 bridgehead atoms. The van der Waals surface area contributed by atoms with Crippen LogP contribution in [-0.2, 0) is 19.1 Å². The highest BCUT2D eigenvalue weighted by atomic mass is 35.5. The Morgan fingerprint density at radius 3 is 2.00 bits per heavy atom. The van der Waals surface area contributed by atoms with E-state index in [1.165, 1.54) is 0 Å². The van der Waals surface area contributed by atoms with Crippen molar-refractivity contribution in [2.45, 2.75) is 32.7 Å². The monoisotopic (exact) mass is 353 g/mol. The van der Waals surface area contributed by atoms with Gasteiger partial charge < -0.3 is 9.47 Å². The van der Waals surface area contributed by atoms with E-state index >= 15 is 0 Å². The fourth-order valence-corrected chi connectivity index (χ4v) is 3.24. The lowest BCUT2D eigenvalue weighted by molar-refractivity contribution is -0.165. The molecule has 0 aliphatic carbocycles. The summed E-state index contributed by atoms with van der Waals surface area (Å²) in [5.74, 6) is -2.07. The van der Waals surface area contributed by atoms with E-state index in [1.807, 2.05) is 12.1 Å². The first-order valence-corrected chi connectivity index (χ1v) is 8.79. The van der Waals surface area contributed by atoms with Gasteiger partial charge in [0.15, 0.2) is 5.92 Å². The Kier molecular flexibility index (Phi) is 7.06. The molecular formula is C18H24ClNO4. The van der Waals surface area contributed by atoms with Crippen LogP contribution in [0.25, 0.3) is 0 Å². The summed E-state index contributed by atoms with van der Waals surface area (Å²) in [6.07, 6.45) is 2.09. The van der Waals surface area contributed by atoms with Crippen molar-refractivity contribution in [3.8, 4) is 0 Å². The minimum absolute atomic E-state index is 0.224. The summed E-state index contributed by atoms with van der Waals surface area (Å²) in [6.45, 7) is 5.58. The zero-order valence-corrected chi connectivity index (χ0v) is 14.9. The van der Waals surface area contributed by atoms with Crippen molar-refractivity contribution in [3.63, 3.8) is 0 Å². The molecule has 1 unspecified atom stereocenters. The van der Waals surface area contributed by atoms with E-state index in [1.54, 1.807) is 26.0 Å². The van der Waals surface area contributed by atoms with Crippen LogP contribution in [0.5, 0.6) is 0 Å². The van der Waals surface area contributed by atoms with Gasteiger partial charge in [0.1, 0.15) is 0 Å². The average Bonchev–Trinajstić information content (AvgIpc) is 3.08. The Hall–Kier alpha value is -1.59. The maximum Gasteiger partial charge on any atom is 0.322 e. The molecule has 1 aromatic rings. The smallest absolute Gasteiger partial charge is 0.322 e. The molecular weight excluding hydrogens is 330 g/mol. The quantitative estimate of drug-likeness (QED) is 0.556. The van der Waals surface area contributed by atoms with Crippen molar-refractivity contribution in [2.75, 3.05) is 26.3 Å². The molecule has 0 radical (unpaired) electrons. The Morgan fingerprint density at radius 2 is 1.54 bits per heavy atom. The summed E-state index contributed by atoms with van der Waals surface area (Å²) >= 11 is 5.98. The number of rotatable bonds is 7. The number of hydrogen-bond donors (Lipinski definition) is 0. The lowest BCUT2D eigenvalue weighted by Crippen LogP contribution is -2.41. The SMILES string of the molecule is CCOC(=O)C(C(=O)OCC)C(c1ccc(Cl)cc1)N1CCCC1. The second-order valence-corrected chi connectivity index (χ2v) is 6.16. The third-order valence-corrected chi connectivity index (χ3v) is 4.39. The first-order chi connectivity index (χ1) is 11.6. The van der Waals surface area contributed by atoms with Gasteiger partial charge >= 0.3 is 11.9 Å². The number of esters is 2. The van der Waals surface area contributed by atoms with Gasteiger partial charge in [0.25, 0.3) is 0 Å². The van der Waals surface area contributed by atoms with Gasteiger partial charge in [-0.1, -0.05) is 23.7 Å². The molecule has 1 aromatic carbocycles. The van der Waals surface area contributed by atoms with Gasteiger partial charge in [-0.2, -0.15) is 0 Å². The van der Waals surface area contributed by atoms with E-state index in [0.29, 0.717) is 5.02 Å². The highest BCUT2D eigenvalue weighted by Gasteiger charge is 2.42. The second-order valence-electron chi connectivity index (χ2n) is 5.72. The number of benzene rings is 1. The molecule has 6 heteroatoms. The van der Waals surface area contributed by atoms with Crippen LogP contribution in [0.2, 0.25) is 5.02 Å². The van der Waals surface area contributed by atoms with Crippen LogP contribution >= 0.6 is 11.6 Å². The molecule has 1 aliphatic rings. The predicted molar refractivity (Wildman–Crippen MR) is 91.8 cm³/mol. The van der Waals surface area contributed by atoms with E-state index in [-0.39, 0.29) is 13.2 Å². The molecule has 1 saturated heterocycles. The minimum atomic E-state index is -0.996. The van der Waals surface area contributed by atoms with E-state index in [9.17, 15) is 9.59 Å².